The lowest BCUT2D eigenvalue weighted by atomic mass is 10.1. The van der Waals surface area contributed by atoms with Gasteiger partial charge in [0.15, 0.2) is 0 Å². The number of phenolic OH excluding ortho intramolecular Hbond substituents is 1. The second kappa shape index (κ2) is 6.94. The minimum Gasteiger partial charge on any atom is -0.508 e. The van der Waals surface area contributed by atoms with E-state index in [9.17, 15) is 14.7 Å². The fraction of sp³-hybridized carbons (Fsp3) is 0.231. The van der Waals surface area contributed by atoms with E-state index >= 15 is 0 Å². The third-order valence-electron chi connectivity index (χ3n) is 2.32. The Balaban J connectivity index is 2.81. The third kappa shape index (κ3) is 4.75. The van der Waals surface area contributed by atoms with Crippen molar-refractivity contribution in [2.24, 2.45) is 0 Å². The Morgan fingerprint density at radius 1 is 1.53 bits per heavy atom. The smallest absolute Gasteiger partial charge is 0.328 e. The number of rotatable bonds is 5. The van der Waals surface area contributed by atoms with E-state index in [4.69, 9.17) is 0 Å². The summed E-state index contributed by atoms with van der Waals surface area (Å²) in [5.74, 6) is -1.05. The SMILES string of the molecule is C=C(Br)C[C@@H](NC(=O)c1cccc(O)c1)C(=O)OC. The van der Waals surface area contributed by atoms with Gasteiger partial charge in [0, 0.05) is 12.0 Å². The summed E-state index contributed by atoms with van der Waals surface area (Å²) in [4.78, 5) is 23.5. The van der Waals surface area contributed by atoms with Gasteiger partial charge in [-0.3, -0.25) is 4.79 Å². The highest BCUT2D eigenvalue weighted by atomic mass is 79.9. The Kier molecular flexibility index (Phi) is 5.57. The van der Waals surface area contributed by atoms with Gasteiger partial charge in [-0.05, 0) is 22.7 Å². The molecule has 2 N–H and O–H groups in total. The van der Waals surface area contributed by atoms with E-state index in [2.05, 4.69) is 32.6 Å². The van der Waals surface area contributed by atoms with E-state index in [1.165, 1.54) is 25.3 Å². The molecule has 6 heteroatoms. The van der Waals surface area contributed by atoms with E-state index in [1.807, 2.05) is 0 Å². The zero-order valence-electron chi connectivity index (χ0n) is 10.4. The first-order chi connectivity index (χ1) is 8.93. The van der Waals surface area contributed by atoms with Crippen molar-refractivity contribution in [2.75, 3.05) is 7.11 Å². The van der Waals surface area contributed by atoms with Crippen molar-refractivity contribution in [3.63, 3.8) is 0 Å². The molecule has 0 fully saturated rings. The first kappa shape index (κ1) is 15.2. The van der Waals surface area contributed by atoms with Crippen molar-refractivity contribution in [1.29, 1.82) is 0 Å². The molecule has 0 radical (unpaired) electrons. The van der Waals surface area contributed by atoms with Crippen LogP contribution in [-0.4, -0.2) is 30.1 Å². The van der Waals surface area contributed by atoms with E-state index in [-0.39, 0.29) is 17.7 Å². The van der Waals surface area contributed by atoms with Gasteiger partial charge in [0.1, 0.15) is 11.8 Å². The zero-order chi connectivity index (χ0) is 14.4. The normalized spacial score (nSPS) is 11.5. The molecule has 1 amide bonds. The maximum atomic E-state index is 11.9. The van der Waals surface area contributed by atoms with Crippen molar-refractivity contribution in [3.8, 4) is 5.75 Å². The number of carbonyl (C=O) groups is 2. The summed E-state index contributed by atoms with van der Waals surface area (Å²) in [6, 6.07) is 5.01. The molecule has 0 heterocycles. The molecule has 0 saturated heterocycles. The summed E-state index contributed by atoms with van der Waals surface area (Å²) in [5.41, 5.74) is 0.258. The Morgan fingerprint density at radius 2 is 2.21 bits per heavy atom. The summed E-state index contributed by atoms with van der Waals surface area (Å²) in [5, 5.41) is 11.8. The standard InChI is InChI=1S/C13H14BrNO4/c1-8(14)6-11(13(18)19-2)15-12(17)9-4-3-5-10(16)7-9/h3-5,7,11,16H,1,6H2,2H3,(H,15,17)/t11-/m1/s1. The molecule has 0 aliphatic carbocycles. The van der Waals surface area contributed by atoms with Crippen LogP contribution in [0.4, 0.5) is 0 Å². The molecule has 1 aromatic rings. The van der Waals surface area contributed by atoms with Gasteiger partial charge in [0.2, 0.25) is 0 Å². The Labute approximate surface area is 119 Å². The van der Waals surface area contributed by atoms with Gasteiger partial charge >= 0.3 is 5.97 Å². The highest BCUT2D eigenvalue weighted by Crippen LogP contribution is 2.14. The predicted octanol–water partition coefficient (Wildman–Crippen LogP) is 1.96. The number of hydrogen-bond donors (Lipinski definition) is 2. The topological polar surface area (TPSA) is 75.6 Å². The molecule has 5 nitrogen and oxygen atoms in total. The molecule has 0 aromatic heterocycles. The van der Waals surface area contributed by atoms with Crippen LogP contribution in [0, 0.1) is 0 Å². The second-order valence-corrected chi connectivity index (χ2v) is 4.94. The molecule has 0 saturated carbocycles. The van der Waals surface area contributed by atoms with Crippen LogP contribution in [0.25, 0.3) is 0 Å². The third-order valence-corrected chi connectivity index (χ3v) is 2.65. The molecule has 19 heavy (non-hydrogen) atoms. The van der Waals surface area contributed by atoms with Gasteiger partial charge in [-0.15, -0.1) is 0 Å². The maximum absolute atomic E-state index is 11.9. The number of benzene rings is 1. The van der Waals surface area contributed by atoms with Crippen molar-refractivity contribution in [1.82, 2.24) is 5.32 Å². The summed E-state index contributed by atoms with van der Waals surface area (Å²) < 4.78 is 5.18. The lowest BCUT2D eigenvalue weighted by Gasteiger charge is -2.16. The number of methoxy groups -OCH3 is 1. The van der Waals surface area contributed by atoms with Crippen LogP contribution in [0.5, 0.6) is 5.75 Å². The molecule has 0 unspecified atom stereocenters. The van der Waals surface area contributed by atoms with Crippen LogP contribution in [0.15, 0.2) is 35.3 Å². The van der Waals surface area contributed by atoms with Crippen LogP contribution in [0.2, 0.25) is 0 Å². The lowest BCUT2D eigenvalue weighted by Crippen LogP contribution is -2.41. The number of amides is 1. The fourth-order valence-electron chi connectivity index (χ4n) is 1.45. The zero-order valence-corrected chi connectivity index (χ0v) is 11.9. The van der Waals surface area contributed by atoms with Gasteiger partial charge in [0.25, 0.3) is 5.91 Å². The monoisotopic (exact) mass is 327 g/mol. The Bertz CT molecular complexity index is 501. The molecule has 1 aromatic carbocycles. The molecule has 0 spiro atoms. The maximum Gasteiger partial charge on any atom is 0.328 e. The second-order valence-electron chi connectivity index (χ2n) is 3.82. The van der Waals surface area contributed by atoms with Crippen molar-refractivity contribution >= 4 is 27.8 Å². The summed E-state index contributed by atoms with van der Waals surface area (Å²) >= 11 is 3.14. The van der Waals surface area contributed by atoms with Gasteiger partial charge in [-0.1, -0.05) is 28.6 Å². The van der Waals surface area contributed by atoms with Crippen molar-refractivity contribution in [3.05, 3.63) is 40.9 Å². The summed E-state index contributed by atoms with van der Waals surface area (Å²) in [6.07, 6.45) is 0.219. The molecule has 0 bridgehead atoms. The average molecular weight is 328 g/mol. The van der Waals surface area contributed by atoms with Gasteiger partial charge < -0.3 is 15.2 Å². The quantitative estimate of drug-likeness (QED) is 0.810. The largest absolute Gasteiger partial charge is 0.508 e. The Hall–Kier alpha value is -1.82. The van der Waals surface area contributed by atoms with Gasteiger partial charge in [0.05, 0.1) is 7.11 Å². The molecule has 0 aliphatic rings. The number of hydrogen-bond acceptors (Lipinski definition) is 4. The highest BCUT2D eigenvalue weighted by molar-refractivity contribution is 9.11. The predicted molar refractivity (Wildman–Crippen MR) is 74.1 cm³/mol. The van der Waals surface area contributed by atoms with Gasteiger partial charge in [-0.2, -0.15) is 0 Å². The van der Waals surface area contributed by atoms with E-state index in [1.54, 1.807) is 6.07 Å². The minimum atomic E-state index is -0.827. The molecule has 1 rings (SSSR count). The van der Waals surface area contributed by atoms with Crippen LogP contribution in [0.3, 0.4) is 0 Å². The number of halogens is 1. The van der Waals surface area contributed by atoms with Crippen LogP contribution >= 0.6 is 15.9 Å². The number of aromatic hydroxyl groups is 1. The molecule has 0 aliphatic heterocycles. The highest BCUT2D eigenvalue weighted by Gasteiger charge is 2.22. The van der Waals surface area contributed by atoms with Crippen molar-refractivity contribution < 1.29 is 19.4 Å². The molecular formula is C13H14BrNO4. The minimum absolute atomic E-state index is 0.0211. The number of phenols is 1. The number of esters is 1. The van der Waals surface area contributed by atoms with Crippen molar-refractivity contribution in [2.45, 2.75) is 12.5 Å². The first-order valence-electron chi connectivity index (χ1n) is 5.45. The molecule has 1 atom stereocenters. The lowest BCUT2D eigenvalue weighted by molar-refractivity contribution is -0.142. The first-order valence-corrected chi connectivity index (χ1v) is 6.24. The number of ether oxygens (including phenoxy) is 1. The fourth-order valence-corrected chi connectivity index (χ4v) is 1.77. The summed E-state index contributed by atoms with van der Waals surface area (Å²) in [6.45, 7) is 3.62. The molecule has 102 valence electrons. The Morgan fingerprint density at radius 3 is 2.74 bits per heavy atom. The molecular weight excluding hydrogens is 314 g/mol. The van der Waals surface area contributed by atoms with Crippen LogP contribution < -0.4 is 5.32 Å². The van der Waals surface area contributed by atoms with Crippen LogP contribution in [-0.2, 0) is 9.53 Å². The number of carbonyl (C=O) groups excluding carboxylic acids is 2. The van der Waals surface area contributed by atoms with Crippen LogP contribution in [0.1, 0.15) is 16.8 Å². The van der Waals surface area contributed by atoms with E-state index in [0.717, 1.165) is 0 Å². The van der Waals surface area contributed by atoms with E-state index < -0.39 is 17.9 Å². The van der Waals surface area contributed by atoms with Gasteiger partial charge in [-0.25, -0.2) is 4.79 Å². The number of nitrogens with one attached hydrogen (secondary N) is 1. The van der Waals surface area contributed by atoms with E-state index in [0.29, 0.717) is 4.48 Å². The summed E-state index contributed by atoms with van der Waals surface area (Å²) in [7, 11) is 1.24. The average Bonchev–Trinajstić information content (AvgIpc) is 2.36.